The summed E-state index contributed by atoms with van der Waals surface area (Å²) in [6.45, 7) is 3.88. The van der Waals surface area contributed by atoms with Crippen LogP contribution < -0.4 is 16.0 Å². The minimum Gasteiger partial charge on any atom is -0.370 e. The van der Waals surface area contributed by atoms with E-state index < -0.39 is 5.91 Å². The van der Waals surface area contributed by atoms with E-state index in [9.17, 15) is 9.59 Å². The van der Waals surface area contributed by atoms with Crippen LogP contribution in [-0.2, 0) is 0 Å². The number of hydrogen-bond donors (Lipinski definition) is 2. The zero-order valence-corrected chi connectivity index (χ0v) is 16.4. The van der Waals surface area contributed by atoms with Crippen LogP contribution >= 0.6 is 0 Å². The second-order valence-electron chi connectivity index (χ2n) is 7.34. The lowest BCUT2D eigenvalue weighted by Crippen LogP contribution is -2.22. The van der Waals surface area contributed by atoms with E-state index in [-0.39, 0.29) is 5.91 Å². The maximum atomic E-state index is 13.0. The summed E-state index contributed by atoms with van der Waals surface area (Å²) >= 11 is 0. The number of nitrogens with zero attached hydrogens (tertiary/aromatic N) is 2. The molecule has 1 aliphatic heterocycles. The zero-order valence-electron chi connectivity index (χ0n) is 16.4. The summed E-state index contributed by atoms with van der Waals surface area (Å²) in [5, 5.41) is 2.99. The van der Waals surface area contributed by atoms with Gasteiger partial charge in [-0.25, -0.2) is 0 Å². The molecule has 0 radical (unpaired) electrons. The zero-order chi connectivity index (χ0) is 20.4. The predicted molar refractivity (Wildman–Crippen MR) is 115 cm³/mol. The first-order valence-corrected chi connectivity index (χ1v) is 9.77. The lowest BCUT2D eigenvalue weighted by atomic mass is 10.1. The summed E-state index contributed by atoms with van der Waals surface area (Å²) in [5.41, 5.74) is 9.93. The van der Waals surface area contributed by atoms with Crippen molar-refractivity contribution in [2.24, 2.45) is 5.73 Å². The van der Waals surface area contributed by atoms with Crippen molar-refractivity contribution < 1.29 is 9.59 Å². The standard InChI is InChI=1S/C23H24N4O2/c1-16-6-7-18(15-21(16)27-12-4-5-13-27)23(29)25-19-14-17(22(24)28)8-9-20(19)26-10-2-3-11-26/h4-9,12-15H,2-3,10-11H2,1H3,(H2,24,28)(H,25,29). The van der Waals surface area contributed by atoms with Gasteiger partial charge in [-0.1, -0.05) is 6.07 Å². The summed E-state index contributed by atoms with van der Waals surface area (Å²) in [6.07, 6.45) is 6.13. The third-order valence-electron chi connectivity index (χ3n) is 5.33. The molecule has 3 N–H and O–H groups in total. The summed E-state index contributed by atoms with van der Waals surface area (Å²) in [5.74, 6) is -0.737. The first-order valence-electron chi connectivity index (χ1n) is 9.77. The van der Waals surface area contributed by atoms with Crippen molar-refractivity contribution in [3.8, 4) is 5.69 Å². The third kappa shape index (κ3) is 3.87. The highest BCUT2D eigenvalue weighted by Crippen LogP contribution is 2.30. The van der Waals surface area contributed by atoms with Crippen molar-refractivity contribution in [3.05, 3.63) is 77.6 Å². The number of carbonyl (C=O) groups excluding carboxylic acids is 2. The van der Waals surface area contributed by atoms with E-state index in [1.807, 2.05) is 60.3 Å². The number of carbonyl (C=O) groups is 2. The molecule has 29 heavy (non-hydrogen) atoms. The maximum Gasteiger partial charge on any atom is 0.255 e. The molecular formula is C23H24N4O2. The smallest absolute Gasteiger partial charge is 0.255 e. The molecule has 0 spiro atoms. The van der Waals surface area contributed by atoms with Crippen LogP contribution in [0.4, 0.5) is 11.4 Å². The Labute approximate surface area is 169 Å². The monoisotopic (exact) mass is 388 g/mol. The predicted octanol–water partition coefficient (Wildman–Crippen LogP) is 3.74. The number of nitrogens with one attached hydrogen (secondary N) is 1. The molecule has 0 aliphatic carbocycles. The lowest BCUT2D eigenvalue weighted by Gasteiger charge is -2.22. The number of primary amides is 1. The van der Waals surface area contributed by atoms with Crippen molar-refractivity contribution >= 4 is 23.2 Å². The number of anilines is 2. The fourth-order valence-corrected chi connectivity index (χ4v) is 3.74. The number of amides is 2. The van der Waals surface area contributed by atoms with Crippen LogP contribution in [0.25, 0.3) is 5.69 Å². The first-order chi connectivity index (χ1) is 14.0. The van der Waals surface area contributed by atoms with E-state index in [0.717, 1.165) is 42.9 Å². The first kappa shape index (κ1) is 18.8. The van der Waals surface area contributed by atoms with Gasteiger partial charge in [0.25, 0.3) is 5.91 Å². The Hall–Kier alpha value is -3.54. The molecule has 1 aromatic heterocycles. The fraction of sp³-hybridized carbons (Fsp3) is 0.217. The highest BCUT2D eigenvalue weighted by molar-refractivity contribution is 6.07. The molecule has 6 heteroatoms. The molecule has 1 aliphatic rings. The van der Waals surface area contributed by atoms with E-state index in [1.54, 1.807) is 12.1 Å². The van der Waals surface area contributed by atoms with Crippen LogP contribution in [0.1, 0.15) is 39.1 Å². The van der Waals surface area contributed by atoms with Gasteiger partial charge in [0, 0.05) is 42.3 Å². The van der Waals surface area contributed by atoms with Crippen LogP contribution in [0.2, 0.25) is 0 Å². The van der Waals surface area contributed by atoms with Crippen molar-refractivity contribution in [3.63, 3.8) is 0 Å². The molecule has 4 rings (SSSR count). The Morgan fingerprint density at radius 1 is 0.931 bits per heavy atom. The van der Waals surface area contributed by atoms with Crippen LogP contribution in [0.15, 0.2) is 60.9 Å². The Kier molecular flexibility index (Phi) is 5.08. The maximum absolute atomic E-state index is 13.0. The molecule has 6 nitrogen and oxygen atoms in total. The molecule has 2 aromatic carbocycles. The van der Waals surface area contributed by atoms with Gasteiger partial charge in [0.05, 0.1) is 11.4 Å². The molecule has 1 saturated heterocycles. The highest BCUT2D eigenvalue weighted by atomic mass is 16.2. The Balaban J connectivity index is 1.66. The highest BCUT2D eigenvalue weighted by Gasteiger charge is 2.19. The largest absolute Gasteiger partial charge is 0.370 e. The molecule has 0 unspecified atom stereocenters. The average molecular weight is 388 g/mol. The van der Waals surface area contributed by atoms with Crippen molar-refractivity contribution in [1.29, 1.82) is 0 Å². The number of aromatic nitrogens is 1. The SMILES string of the molecule is Cc1ccc(C(=O)Nc2cc(C(N)=O)ccc2N2CCCC2)cc1-n1cccc1. The lowest BCUT2D eigenvalue weighted by molar-refractivity contribution is 0.0996. The Bertz CT molecular complexity index is 1050. The van der Waals surface area contributed by atoms with E-state index in [0.29, 0.717) is 16.8 Å². The minimum atomic E-state index is -0.515. The summed E-state index contributed by atoms with van der Waals surface area (Å²) in [6, 6.07) is 14.8. The molecule has 0 saturated carbocycles. The second kappa shape index (κ2) is 7.83. The van der Waals surface area contributed by atoms with Crippen LogP contribution in [0.5, 0.6) is 0 Å². The van der Waals surface area contributed by atoms with Gasteiger partial charge in [0.1, 0.15) is 0 Å². The van der Waals surface area contributed by atoms with E-state index in [2.05, 4.69) is 10.2 Å². The van der Waals surface area contributed by atoms with Gasteiger partial charge in [-0.3, -0.25) is 9.59 Å². The van der Waals surface area contributed by atoms with Crippen LogP contribution in [0.3, 0.4) is 0 Å². The number of rotatable bonds is 5. The van der Waals surface area contributed by atoms with Gasteiger partial charge >= 0.3 is 0 Å². The minimum absolute atomic E-state index is 0.222. The van der Waals surface area contributed by atoms with Gasteiger partial charge in [-0.15, -0.1) is 0 Å². The number of nitrogens with two attached hydrogens (primary N) is 1. The molecule has 1 fully saturated rings. The van der Waals surface area contributed by atoms with Gasteiger partial charge in [-0.2, -0.15) is 0 Å². The third-order valence-corrected chi connectivity index (χ3v) is 5.33. The topological polar surface area (TPSA) is 80.4 Å². The van der Waals surface area contributed by atoms with Crippen molar-refractivity contribution in [1.82, 2.24) is 4.57 Å². The summed E-state index contributed by atoms with van der Waals surface area (Å²) < 4.78 is 1.98. The number of aryl methyl sites for hydroxylation is 1. The van der Waals surface area contributed by atoms with E-state index >= 15 is 0 Å². The molecule has 0 atom stereocenters. The second-order valence-corrected chi connectivity index (χ2v) is 7.34. The Morgan fingerprint density at radius 2 is 1.62 bits per heavy atom. The van der Waals surface area contributed by atoms with Gasteiger partial charge in [-0.05, 0) is 67.8 Å². The van der Waals surface area contributed by atoms with E-state index in [4.69, 9.17) is 5.73 Å². The van der Waals surface area contributed by atoms with Gasteiger partial charge in [0.15, 0.2) is 0 Å². The fourth-order valence-electron chi connectivity index (χ4n) is 3.74. The normalized spacial score (nSPS) is 13.5. The molecule has 148 valence electrons. The average Bonchev–Trinajstić information content (AvgIpc) is 3.42. The number of benzene rings is 2. The van der Waals surface area contributed by atoms with Crippen molar-refractivity contribution in [2.45, 2.75) is 19.8 Å². The van der Waals surface area contributed by atoms with Crippen LogP contribution in [-0.4, -0.2) is 29.5 Å². The van der Waals surface area contributed by atoms with E-state index in [1.165, 1.54) is 0 Å². The summed E-state index contributed by atoms with van der Waals surface area (Å²) in [4.78, 5) is 26.9. The molecule has 2 amide bonds. The van der Waals surface area contributed by atoms with Crippen molar-refractivity contribution in [2.75, 3.05) is 23.3 Å². The van der Waals surface area contributed by atoms with Crippen LogP contribution in [0, 0.1) is 6.92 Å². The number of hydrogen-bond acceptors (Lipinski definition) is 3. The quantitative estimate of drug-likeness (QED) is 0.699. The molecular weight excluding hydrogens is 364 g/mol. The summed E-state index contributed by atoms with van der Waals surface area (Å²) in [7, 11) is 0. The molecule has 0 bridgehead atoms. The van der Waals surface area contributed by atoms with Gasteiger partial charge < -0.3 is 20.5 Å². The molecule has 3 aromatic rings. The molecule has 2 heterocycles. The van der Waals surface area contributed by atoms with Gasteiger partial charge in [0.2, 0.25) is 5.91 Å². The Morgan fingerprint density at radius 3 is 2.31 bits per heavy atom.